The van der Waals surface area contributed by atoms with Crippen LogP contribution in [0, 0.1) is 0 Å². The van der Waals surface area contributed by atoms with Gasteiger partial charge in [-0.15, -0.1) is 0 Å². The Bertz CT molecular complexity index is 884. The van der Waals surface area contributed by atoms with Crippen molar-refractivity contribution in [2.45, 2.75) is 44.1 Å². The zero-order valence-corrected chi connectivity index (χ0v) is 18.6. The predicted octanol–water partition coefficient (Wildman–Crippen LogP) is 4.02. The number of ether oxygens (including phenoxy) is 4. The molecule has 2 heterocycles. The first-order valence-corrected chi connectivity index (χ1v) is 10.8. The lowest BCUT2D eigenvalue weighted by molar-refractivity contribution is -0.137. The molecule has 4 rings (SSSR count). The summed E-state index contributed by atoms with van der Waals surface area (Å²) in [4.78, 5) is 27.6. The molecule has 0 atom stereocenters. The molecule has 1 aromatic carbocycles. The van der Waals surface area contributed by atoms with Crippen LogP contribution in [0.4, 0.5) is 0 Å². The number of fused-ring (bicyclic) bond motifs is 1. The number of nitrogens with zero attached hydrogens (tertiary/aromatic N) is 1. The fraction of sp³-hybridized carbons (Fsp3) is 0.455. The Morgan fingerprint density at radius 2 is 1.53 bits per heavy atom. The van der Waals surface area contributed by atoms with Gasteiger partial charge in [0.15, 0.2) is 11.5 Å². The van der Waals surface area contributed by atoms with Crippen molar-refractivity contribution in [2.75, 3.05) is 21.0 Å². The molecule has 0 bridgehead atoms. The second kappa shape index (κ2) is 8.71. The summed E-state index contributed by atoms with van der Waals surface area (Å²) in [5.41, 5.74) is 1.46. The third-order valence-electron chi connectivity index (χ3n) is 5.84. The molecule has 2 aliphatic heterocycles. The van der Waals surface area contributed by atoms with E-state index in [0.29, 0.717) is 32.7 Å². The Balaban J connectivity index is 1.83. The summed E-state index contributed by atoms with van der Waals surface area (Å²) in [6, 6.07) is 3.81. The van der Waals surface area contributed by atoms with Gasteiger partial charge >= 0.3 is 11.9 Å². The molecule has 8 heteroatoms. The fourth-order valence-electron chi connectivity index (χ4n) is 4.33. The van der Waals surface area contributed by atoms with Gasteiger partial charge in [-0.05, 0) is 30.5 Å². The average Bonchev–Trinajstić information content (AvgIpc) is 3.24. The Hall–Kier alpha value is -2.48. The van der Waals surface area contributed by atoms with Crippen LogP contribution in [0.5, 0.6) is 11.5 Å². The molecule has 0 aromatic heterocycles. The second-order valence-electron chi connectivity index (χ2n) is 7.55. The molecule has 160 valence electrons. The SMILES string of the molecule is COC(=O)C1=CN(C2CCCCC2)C=C(C(=O)OC)C1c1cc2c(cc1Br)OCO2. The fourth-order valence-corrected chi connectivity index (χ4v) is 4.88. The number of benzene rings is 1. The lowest BCUT2D eigenvalue weighted by Gasteiger charge is -2.36. The molecule has 7 nitrogen and oxygen atoms in total. The van der Waals surface area contributed by atoms with Crippen molar-refractivity contribution in [3.8, 4) is 11.5 Å². The molecule has 1 saturated carbocycles. The van der Waals surface area contributed by atoms with E-state index in [1.165, 1.54) is 20.6 Å². The van der Waals surface area contributed by atoms with Crippen molar-refractivity contribution in [2.24, 2.45) is 0 Å². The smallest absolute Gasteiger partial charge is 0.336 e. The van der Waals surface area contributed by atoms with Crippen LogP contribution in [0.15, 0.2) is 40.2 Å². The van der Waals surface area contributed by atoms with Crippen molar-refractivity contribution in [1.29, 1.82) is 0 Å². The van der Waals surface area contributed by atoms with Crippen LogP contribution in [-0.2, 0) is 19.1 Å². The molecule has 0 saturated heterocycles. The number of methoxy groups -OCH3 is 2. The number of carbonyl (C=O) groups is 2. The first-order valence-electron chi connectivity index (χ1n) is 10.00. The Morgan fingerprint density at radius 1 is 0.967 bits per heavy atom. The maximum Gasteiger partial charge on any atom is 0.336 e. The zero-order chi connectivity index (χ0) is 21.3. The molecule has 30 heavy (non-hydrogen) atoms. The van der Waals surface area contributed by atoms with Crippen LogP contribution >= 0.6 is 15.9 Å². The van der Waals surface area contributed by atoms with Gasteiger partial charge in [-0.1, -0.05) is 35.2 Å². The third-order valence-corrected chi connectivity index (χ3v) is 6.53. The highest BCUT2D eigenvalue weighted by atomic mass is 79.9. The van der Waals surface area contributed by atoms with Crippen molar-refractivity contribution in [3.63, 3.8) is 0 Å². The normalized spacial score (nSPS) is 19.2. The first-order chi connectivity index (χ1) is 14.5. The Labute approximate surface area is 183 Å². The molecule has 0 radical (unpaired) electrons. The topological polar surface area (TPSA) is 74.3 Å². The summed E-state index contributed by atoms with van der Waals surface area (Å²) in [7, 11) is 2.69. The van der Waals surface area contributed by atoms with Gasteiger partial charge in [0, 0.05) is 22.9 Å². The van der Waals surface area contributed by atoms with Crippen LogP contribution in [0.1, 0.15) is 43.6 Å². The standard InChI is InChI=1S/C22H24BrNO6/c1-27-21(25)15-10-24(13-6-4-3-5-7-13)11-16(22(26)28-2)20(15)14-8-18-19(9-17(14)23)30-12-29-18/h8-11,13,20H,3-7,12H2,1-2H3. The zero-order valence-electron chi connectivity index (χ0n) is 17.0. The van der Waals surface area contributed by atoms with E-state index in [-0.39, 0.29) is 12.8 Å². The van der Waals surface area contributed by atoms with E-state index < -0.39 is 17.9 Å². The van der Waals surface area contributed by atoms with Gasteiger partial charge in [0.2, 0.25) is 6.79 Å². The van der Waals surface area contributed by atoms with Crippen LogP contribution in [0.25, 0.3) is 0 Å². The summed E-state index contributed by atoms with van der Waals surface area (Å²) < 4.78 is 21.8. The molecule has 1 aliphatic carbocycles. The minimum atomic E-state index is -0.659. The number of esters is 2. The second-order valence-corrected chi connectivity index (χ2v) is 8.41. The summed E-state index contributed by atoms with van der Waals surface area (Å²) >= 11 is 3.57. The molecule has 0 N–H and O–H groups in total. The molecule has 0 amide bonds. The molecule has 0 unspecified atom stereocenters. The van der Waals surface area contributed by atoms with Gasteiger partial charge in [0.1, 0.15) is 0 Å². The quantitative estimate of drug-likeness (QED) is 0.606. The van der Waals surface area contributed by atoms with Gasteiger partial charge in [-0.2, -0.15) is 0 Å². The van der Waals surface area contributed by atoms with Crippen LogP contribution in [-0.4, -0.2) is 43.9 Å². The molecule has 1 aromatic rings. The number of hydrogen-bond acceptors (Lipinski definition) is 7. The van der Waals surface area contributed by atoms with E-state index in [1.807, 2.05) is 17.3 Å². The van der Waals surface area contributed by atoms with Crippen LogP contribution in [0.3, 0.4) is 0 Å². The monoisotopic (exact) mass is 477 g/mol. The average molecular weight is 478 g/mol. The minimum Gasteiger partial charge on any atom is -0.466 e. The Morgan fingerprint density at radius 3 is 2.10 bits per heavy atom. The first kappa shape index (κ1) is 20.8. The van der Waals surface area contributed by atoms with Gasteiger partial charge in [0.25, 0.3) is 0 Å². The molecule has 3 aliphatic rings. The van der Waals surface area contributed by atoms with E-state index in [4.69, 9.17) is 18.9 Å². The largest absolute Gasteiger partial charge is 0.466 e. The van der Waals surface area contributed by atoms with Crippen LogP contribution in [0.2, 0.25) is 0 Å². The van der Waals surface area contributed by atoms with E-state index in [9.17, 15) is 9.59 Å². The molecule has 1 fully saturated rings. The van der Waals surface area contributed by atoms with E-state index in [2.05, 4.69) is 15.9 Å². The van der Waals surface area contributed by atoms with Crippen molar-refractivity contribution in [1.82, 2.24) is 4.90 Å². The van der Waals surface area contributed by atoms with Crippen molar-refractivity contribution in [3.05, 3.63) is 45.7 Å². The summed E-state index contributed by atoms with van der Waals surface area (Å²) in [5.74, 6) is -0.456. The number of rotatable bonds is 4. The maximum absolute atomic E-state index is 12.8. The van der Waals surface area contributed by atoms with Gasteiger partial charge in [-0.25, -0.2) is 9.59 Å². The highest BCUT2D eigenvalue weighted by molar-refractivity contribution is 9.10. The Kier molecular flexibility index (Phi) is 6.04. The minimum absolute atomic E-state index is 0.130. The van der Waals surface area contributed by atoms with Gasteiger partial charge in [-0.3, -0.25) is 0 Å². The highest BCUT2D eigenvalue weighted by Gasteiger charge is 2.38. The molecular formula is C22H24BrNO6. The van der Waals surface area contributed by atoms with Crippen molar-refractivity contribution < 1.29 is 28.5 Å². The highest BCUT2D eigenvalue weighted by Crippen LogP contribution is 2.46. The lowest BCUT2D eigenvalue weighted by atomic mass is 9.82. The van der Waals surface area contributed by atoms with Gasteiger partial charge < -0.3 is 23.8 Å². The number of hydrogen-bond donors (Lipinski definition) is 0. The third kappa shape index (κ3) is 3.80. The summed E-state index contributed by atoms with van der Waals surface area (Å²) in [6.45, 7) is 0.130. The van der Waals surface area contributed by atoms with E-state index in [1.54, 1.807) is 12.1 Å². The van der Waals surface area contributed by atoms with E-state index in [0.717, 1.165) is 25.7 Å². The van der Waals surface area contributed by atoms with Gasteiger partial charge in [0.05, 0.1) is 31.3 Å². The molecular weight excluding hydrogens is 454 g/mol. The predicted molar refractivity (Wildman–Crippen MR) is 112 cm³/mol. The van der Waals surface area contributed by atoms with E-state index >= 15 is 0 Å². The number of carbonyl (C=O) groups excluding carboxylic acids is 2. The lowest BCUT2D eigenvalue weighted by Crippen LogP contribution is -2.35. The summed E-state index contributed by atoms with van der Waals surface area (Å²) in [5, 5.41) is 0. The number of halogens is 1. The van der Waals surface area contributed by atoms with Crippen LogP contribution < -0.4 is 9.47 Å². The molecule has 0 spiro atoms. The van der Waals surface area contributed by atoms with Crippen molar-refractivity contribution >= 4 is 27.9 Å². The summed E-state index contributed by atoms with van der Waals surface area (Å²) in [6.07, 6.45) is 9.11. The maximum atomic E-state index is 12.8.